The summed E-state index contributed by atoms with van der Waals surface area (Å²) in [6.07, 6.45) is 2.78. The smallest absolute Gasteiger partial charge is 0.251 e. The van der Waals surface area contributed by atoms with E-state index in [-0.39, 0.29) is 11.9 Å². The van der Waals surface area contributed by atoms with Crippen LogP contribution in [-0.2, 0) is 4.74 Å². The summed E-state index contributed by atoms with van der Waals surface area (Å²) < 4.78 is 11.1. The quantitative estimate of drug-likeness (QED) is 0.877. The molecule has 0 spiro atoms. The number of carbonyl (C=O) groups is 1. The van der Waals surface area contributed by atoms with E-state index in [1.165, 1.54) is 0 Å². The van der Waals surface area contributed by atoms with E-state index in [2.05, 4.69) is 19.2 Å². The first-order valence-corrected chi connectivity index (χ1v) is 8.18. The molecule has 1 heterocycles. The Hall–Kier alpha value is -1.55. The molecule has 0 unspecified atom stereocenters. The Labute approximate surface area is 133 Å². The first kappa shape index (κ1) is 16.8. The van der Waals surface area contributed by atoms with E-state index in [0.717, 1.165) is 43.8 Å². The van der Waals surface area contributed by atoms with Crippen molar-refractivity contribution < 1.29 is 14.3 Å². The third-order valence-corrected chi connectivity index (χ3v) is 3.97. The summed E-state index contributed by atoms with van der Waals surface area (Å²) in [6.45, 7) is 8.43. The molecule has 0 atom stereocenters. The molecule has 4 heteroatoms. The molecule has 0 saturated carbocycles. The van der Waals surface area contributed by atoms with Gasteiger partial charge in [0.15, 0.2) is 0 Å². The third kappa shape index (κ3) is 5.02. The Balaban J connectivity index is 1.97. The molecule has 1 fully saturated rings. The van der Waals surface area contributed by atoms with Gasteiger partial charge in [-0.3, -0.25) is 4.79 Å². The summed E-state index contributed by atoms with van der Waals surface area (Å²) in [5.74, 6) is 1.36. The van der Waals surface area contributed by atoms with Crippen molar-refractivity contribution in [1.82, 2.24) is 5.32 Å². The van der Waals surface area contributed by atoms with E-state index in [1.54, 1.807) is 0 Å². The highest BCUT2D eigenvalue weighted by atomic mass is 16.5. The molecule has 0 bridgehead atoms. The molecule has 22 heavy (non-hydrogen) atoms. The molecule has 1 aromatic carbocycles. The predicted octanol–water partition coefficient (Wildman–Crippen LogP) is 3.33. The Morgan fingerprint density at radius 2 is 2.09 bits per heavy atom. The van der Waals surface area contributed by atoms with E-state index in [0.29, 0.717) is 18.1 Å². The third-order valence-electron chi connectivity index (χ3n) is 3.97. The van der Waals surface area contributed by atoms with Crippen LogP contribution in [0.3, 0.4) is 0 Å². The number of rotatable bonds is 6. The van der Waals surface area contributed by atoms with Gasteiger partial charge in [-0.1, -0.05) is 19.9 Å². The standard InChI is InChI=1S/C18H27NO3/c1-13(2)6-11-22-16-5-4-14(3)17(12-16)18(20)19-15-7-9-21-10-8-15/h4-5,12-13,15H,6-11H2,1-3H3,(H,19,20). The molecule has 1 aliphatic rings. The minimum absolute atomic E-state index is 0.0151. The Kier molecular flexibility index (Phi) is 6.25. The first-order valence-electron chi connectivity index (χ1n) is 8.18. The zero-order valence-electron chi connectivity index (χ0n) is 13.9. The second kappa shape index (κ2) is 8.18. The summed E-state index contributed by atoms with van der Waals surface area (Å²) in [5, 5.41) is 3.10. The van der Waals surface area contributed by atoms with Crippen LogP contribution >= 0.6 is 0 Å². The van der Waals surface area contributed by atoms with Gasteiger partial charge in [0.2, 0.25) is 0 Å². The zero-order chi connectivity index (χ0) is 15.9. The fourth-order valence-corrected chi connectivity index (χ4v) is 2.45. The Bertz CT molecular complexity index is 493. The van der Waals surface area contributed by atoms with E-state index in [4.69, 9.17) is 9.47 Å². The maximum absolute atomic E-state index is 12.5. The molecule has 0 aliphatic carbocycles. The number of hydrogen-bond acceptors (Lipinski definition) is 3. The highest BCUT2D eigenvalue weighted by molar-refractivity contribution is 5.96. The van der Waals surface area contributed by atoms with Crippen molar-refractivity contribution in [1.29, 1.82) is 0 Å². The van der Waals surface area contributed by atoms with Gasteiger partial charge in [0, 0.05) is 24.8 Å². The van der Waals surface area contributed by atoms with Crippen molar-refractivity contribution in [3.8, 4) is 5.75 Å². The van der Waals surface area contributed by atoms with Crippen molar-refractivity contribution in [2.24, 2.45) is 5.92 Å². The average Bonchev–Trinajstić information content (AvgIpc) is 2.49. The van der Waals surface area contributed by atoms with Crippen molar-refractivity contribution in [2.75, 3.05) is 19.8 Å². The summed E-state index contributed by atoms with van der Waals surface area (Å²) in [5.41, 5.74) is 1.68. The van der Waals surface area contributed by atoms with Crippen LogP contribution in [0.2, 0.25) is 0 Å². The molecule has 122 valence electrons. The van der Waals surface area contributed by atoms with Gasteiger partial charge in [-0.05, 0) is 49.8 Å². The largest absolute Gasteiger partial charge is 0.494 e. The number of benzene rings is 1. The maximum atomic E-state index is 12.5. The van der Waals surface area contributed by atoms with Gasteiger partial charge in [-0.2, -0.15) is 0 Å². The molecule has 2 rings (SSSR count). The summed E-state index contributed by atoms with van der Waals surface area (Å²) in [7, 11) is 0. The molecular weight excluding hydrogens is 278 g/mol. The number of aryl methyl sites for hydroxylation is 1. The fourth-order valence-electron chi connectivity index (χ4n) is 2.45. The molecule has 1 N–H and O–H groups in total. The van der Waals surface area contributed by atoms with Gasteiger partial charge in [0.25, 0.3) is 5.91 Å². The lowest BCUT2D eigenvalue weighted by atomic mass is 10.1. The molecule has 1 aromatic rings. The minimum Gasteiger partial charge on any atom is -0.494 e. The van der Waals surface area contributed by atoms with Crippen molar-refractivity contribution in [3.05, 3.63) is 29.3 Å². The molecule has 1 saturated heterocycles. The van der Waals surface area contributed by atoms with Crippen molar-refractivity contribution >= 4 is 5.91 Å². The van der Waals surface area contributed by atoms with Crippen LogP contribution < -0.4 is 10.1 Å². The second-order valence-corrected chi connectivity index (χ2v) is 6.37. The second-order valence-electron chi connectivity index (χ2n) is 6.37. The molecule has 1 aliphatic heterocycles. The van der Waals surface area contributed by atoms with Gasteiger partial charge in [-0.25, -0.2) is 0 Å². The normalized spacial score (nSPS) is 15.8. The van der Waals surface area contributed by atoms with Crippen LogP contribution in [0.4, 0.5) is 0 Å². The highest BCUT2D eigenvalue weighted by Crippen LogP contribution is 2.19. The topological polar surface area (TPSA) is 47.6 Å². The first-order chi connectivity index (χ1) is 10.6. The van der Waals surface area contributed by atoms with Gasteiger partial charge in [0.05, 0.1) is 6.61 Å². The molecule has 4 nitrogen and oxygen atoms in total. The lowest BCUT2D eigenvalue weighted by molar-refractivity contribution is 0.0696. The lowest BCUT2D eigenvalue weighted by Gasteiger charge is -2.23. The summed E-state index contributed by atoms with van der Waals surface area (Å²) >= 11 is 0. The molecular formula is C18H27NO3. The van der Waals surface area contributed by atoms with Crippen LogP contribution in [0.15, 0.2) is 18.2 Å². The van der Waals surface area contributed by atoms with Crippen LogP contribution in [0, 0.1) is 12.8 Å². The maximum Gasteiger partial charge on any atom is 0.251 e. The highest BCUT2D eigenvalue weighted by Gasteiger charge is 2.18. The van der Waals surface area contributed by atoms with Gasteiger partial charge in [-0.15, -0.1) is 0 Å². The SMILES string of the molecule is Cc1ccc(OCCC(C)C)cc1C(=O)NC1CCOCC1. The number of nitrogens with one attached hydrogen (secondary N) is 1. The monoisotopic (exact) mass is 305 g/mol. The van der Waals surface area contributed by atoms with E-state index >= 15 is 0 Å². The zero-order valence-corrected chi connectivity index (χ0v) is 13.9. The molecule has 0 aromatic heterocycles. The molecule has 0 radical (unpaired) electrons. The number of amides is 1. The van der Waals surface area contributed by atoms with Gasteiger partial charge < -0.3 is 14.8 Å². The van der Waals surface area contributed by atoms with Crippen LogP contribution in [0.5, 0.6) is 5.75 Å². The lowest BCUT2D eigenvalue weighted by Crippen LogP contribution is -2.39. The number of carbonyl (C=O) groups excluding carboxylic acids is 1. The van der Waals surface area contributed by atoms with Gasteiger partial charge >= 0.3 is 0 Å². The summed E-state index contributed by atoms with van der Waals surface area (Å²) in [4.78, 5) is 12.5. The van der Waals surface area contributed by atoms with Crippen molar-refractivity contribution in [3.63, 3.8) is 0 Å². The van der Waals surface area contributed by atoms with E-state index in [9.17, 15) is 4.79 Å². The van der Waals surface area contributed by atoms with Crippen LogP contribution in [0.25, 0.3) is 0 Å². The molecule has 1 amide bonds. The van der Waals surface area contributed by atoms with E-state index in [1.807, 2.05) is 25.1 Å². The minimum atomic E-state index is -0.0151. The van der Waals surface area contributed by atoms with Crippen LogP contribution in [-0.4, -0.2) is 31.8 Å². The van der Waals surface area contributed by atoms with Crippen molar-refractivity contribution in [2.45, 2.75) is 46.1 Å². The number of ether oxygens (including phenoxy) is 2. The number of hydrogen-bond donors (Lipinski definition) is 1. The Morgan fingerprint density at radius 3 is 2.77 bits per heavy atom. The predicted molar refractivity (Wildman–Crippen MR) is 87.4 cm³/mol. The van der Waals surface area contributed by atoms with Gasteiger partial charge in [0.1, 0.15) is 5.75 Å². The van der Waals surface area contributed by atoms with Crippen LogP contribution in [0.1, 0.15) is 49.0 Å². The van der Waals surface area contributed by atoms with E-state index < -0.39 is 0 Å². The average molecular weight is 305 g/mol. The summed E-state index contributed by atoms with van der Waals surface area (Å²) in [6, 6.07) is 5.95. The fraction of sp³-hybridized carbons (Fsp3) is 0.611. The Morgan fingerprint density at radius 1 is 1.36 bits per heavy atom.